The van der Waals surface area contributed by atoms with E-state index in [0.717, 1.165) is 44.4 Å². The Morgan fingerprint density at radius 2 is 1.26 bits per heavy atom. The monoisotopic (exact) mass is 1780 g/mol. The van der Waals surface area contributed by atoms with Gasteiger partial charge >= 0.3 is 13.9 Å². The van der Waals surface area contributed by atoms with Gasteiger partial charge in [-0.05, 0) is 69.1 Å². The minimum Gasteiger partial charge on any atom is -0.668 e. The van der Waals surface area contributed by atoms with Crippen molar-refractivity contribution in [1.29, 1.82) is 0 Å². The Bertz CT molecular complexity index is 2410. The van der Waals surface area contributed by atoms with E-state index in [1.54, 1.807) is 0 Å². The number of allylic oxidation sites excluding steroid dienone is 2. The summed E-state index contributed by atoms with van der Waals surface area (Å²) in [5, 5.41) is 88.3. The van der Waals surface area contributed by atoms with Gasteiger partial charge in [0.1, 0.15) is 72.9 Å². The molecule has 34 heteroatoms. The Hall–Kier alpha value is -0.307. The van der Waals surface area contributed by atoms with Crippen LogP contribution in [-0.2, 0) is 75.5 Å². The molecule has 534 valence electrons. The zero-order valence-corrected chi connectivity index (χ0v) is 65.5. The van der Waals surface area contributed by atoms with Crippen molar-refractivity contribution < 1.29 is 214 Å². The minimum absolute atomic E-state index is 0. The predicted molar refractivity (Wildman–Crippen MR) is 320 cm³/mol. The number of primary amides is 2. The van der Waals surface area contributed by atoms with E-state index in [-0.39, 0.29) is 119 Å². The SMILES string of the molecule is CC(C)CCCC(C)CCC(C)CCC(C)(C)CCCCC(C)CCOC(COO)COP(=O)(O)OC1OC(C(N)=O)C(C)(O)C(OC(N)=O)C1OC1OC(C)C(OC2OC(C)C(OC3OC(C(=O)NC4=C(O)CCC4=O)C(O)C(O)C3O)C(O)C2[NH-])C(O)C1[NH-].[Ac].[Ac]. The molecule has 25 unspecified atom stereocenters. The van der Waals surface area contributed by atoms with E-state index < -0.39 is 184 Å². The second kappa shape index (κ2) is 39.8. The number of Topliss-reactive ketones (excluding diaryl/α,β-unsaturated/α-hetero) is 1. The van der Waals surface area contributed by atoms with Gasteiger partial charge in [0, 0.05) is 108 Å². The minimum atomic E-state index is -5.44. The van der Waals surface area contributed by atoms with E-state index in [4.69, 9.17) is 74.6 Å². The summed E-state index contributed by atoms with van der Waals surface area (Å²) < 4.78 is 76.1. The second-order valence-electron chi connectivity index (χ2n) is 26.9. The average molecular weight is 1780 g/mol. The Morgan fingerprint density at radius 1 is 0.710 bits per heavy atom. The van der Waals surface area contributed by atoms with Crippen LogP contribution in [0.5, 0.6) is 0 Å². The zero-order chi connectivity index (χ0) is 68.0. The first-order chi connectivity index (χ1) is 42.5. The largest absolute Gasteiger partial charge is 0.668 e. The van der Waals surface area contributed by atoms with Crippen LogP contribution in [0.2, 0.25) is 0 Å². The number of phosphoric acid groups is 1. The van der Waals surface area contributed by atoms with Crippen molar-refractivity contribution in [2.45, 2.75) is 287 Å². The number of ether oxygens (including phenoxy) is 9. The van der Waals surface area contributed by atoms with Crippen molar-refractivity contribution in [2.24, 2.45) is 40.6 Å². The molecule has 5 rings (SSSR count). The van der Waals surface area contributed by atoms with Crippen LogP contribution in [0, 0.1) is 117 Å². The van der Waals surface area contributed by atoms with Gasteiger partial charge in [-0.3, -0.25) is 28.7 Å². The number of amides is 3. The van der Waals surface area contributed by atoms with Crippen LogP contribution in [0.15, 0.2) is 11.5 Å². The van der Waals surface area contributed by atoms with Crippen molar-refractivity contribution in [2.75, 3.05) is 19.8 Å². The van der Waals surface area contributed by atoms with E-state index in [0.29, 0.717) is 12.3 Å². The molecule has 0 aromatic rings. The number of ketones is 1. The van der Waals surface area contributed by atoms with Gasteiger partial charge in [0.25, 0.3) is 5.91 Å². The van der Waals surface area contributed by atoms with E-state index in [9.17, 15) is 69.6 Å². The molecule has 93 heavy (non-hydrogen) atoms. The van der Waals surface area contributed by atoms with Gasteiger partial charge in [-0.1, -0.05) is 118 Å². The summed E-state index contributed by atoms with van der Waals surface area (Å²) in [7, 11) is -5.44. The summed E-state index contributed by atoms with van der Waals surface area (Å²) >= 11 is 0. The summed E-state index contributed by atoms with van der Waals surface area (Å²) in [6.45, 7) is 18.5. The Balaban J connectivity index is 0.0000113. The van der Waals surface area contributed by atoms with Crippen LogP contribution in [0.25, 0.3) is 11.5 Å². The zero-order valence-electron chi connectivity index (χ0n) is 55.1. The quantitative estimate of drug-likeness (QED) is 0.0183. The first kappa shape index (κ1) is 86.9. The molecule has 5 aliphatic rings. The standard InChI is InChI=1S/C59H104N5O26P.2Ac/c1-28(2)14-13-16-29(3)17-18-31(5)21-24-58(8,9)23-12-11-15-30(4)22-25-79-34(26-80-76)27-81-91(77,78)90-56-48(49(89-57(63)74)59(10,75)50(88-56)51(62)72)87-54-38(61)40(67)45(32(6)83-54)84-53-37(60)41(68)46(33(7)82-53)85-55-44(71)42(69)43(70)47(86-55)52(73)64-39-35(65)19-20-36(39)66;;/h28-34,37-38,40-50,53-56,60-61,65,67-71,75-76H,11-27H2,1-10H3,(H2,62,72)(H2,63,74)(H,64,73)(H,77,78);;/q-2;;. The molecule has 25 atom stereocenters. The molecule has 16 N–H and O–H groups in total. The van der Waals surface area contributed by atoms with Crippen molar-refractivity contribution in [1.82, 2.24) is 5.32 Å². The number of nitrogens with one attached hydrogen (secondary N) is 3. The maximum Gasteiger partial charge on any atom is 0.474 e. The van der Waals surface area contributed by atoms with Crippen LogP contribution in [0.1, 0.15) is 159 Å². The molecule has 2 radical (unpaired) electrons. The van der Waals surface area contributed by atoms with Gasteiger partial charge in [-0.2, -0.15) is 0 Å². The van der Waals surface area contributed by atoms with Gasteiger partial charge in [-0.25, -0.2) is 14.2 Å². The topological polar surface area (TPSA) is 490 Å². The number of aliphatic hydroxyl groups is 7. The van der Waals surface area contributed by atoms with Crippen LogP contribution in [0.3, 0.4) is 0 Å². The van der Waals surface area contributed by atoms with Crippen LogP contribution < -0.4 is 16.8 Å². The van der Waals surface area contributed by atoms with Crippen molar-refractivity contribution in [3.05, 3.63) is 22.9 Å². The van der Waals surface area contributed by atoms with E-state index in [2.05, 4.69) is 58.7 Å². The Labute approximate surface area is 616 Å². The Kier molecular flexibility index (Phi) is 37.2. The first-order valence-corrected chi connectivity index (χ1v) is 33.2. The smallest absolute Gasteiger partial charge is 0.474 e. The van der Waals surface area contributed by atoms with Crippen molar-refractivity contribution in [3.63, 3.8) is 0 Å². The summed E-state index contributed by atoms with van der Waals surface area (Å²) in [5.74, 6) is -1.19. The molecule has 4 aliphatic heterocycles. The van der Waals surface area contributed by atoms with E-state index in [1.165, 1.54) is 58.8 Å². The van der Waals surface area contributed by atoms with Crippen molar-refractivity contribution >= 4 is 31.5 Å². The molecule has 0 saturated carbocycles. The number of unbranched alkanes of at least 4 members (excludes halogenated alkanes) is 1. The van der Waals surface area contributed by atoms with Gasteiger partial charge in [0.2, 0.25) is 5.91 Å². The molecule has 0 spiro atoms. The van der Waals surface area contributed by atoms with Crippen LogP contribution >= 0.6 is 7.82 Å². The van der Waals surface area contributed by atoms with Crippen molar-refractivity contribution in [3.8, 4) is 0 Å². The molecule has 4 heterocycles. The molecule has 1 aliphatic carbocycles. The van der Waals surface area contributed by atoms with Gasteiger partial charge < -0.3 is 112 Å². The third-order valence-electron chi connectivity index (χ3n) is 17.8. The molecule has 0 aromatic carbocycles. The van der Waals surface area contributed by atoms with Gasteiger partial charge in [0.15, 0.2) is 42.8 Å². The second-order valence-corrected chi connectivity index (χ2v) is 28.3. The molecule has 3 amide bonds. The average Bonchev–Trinajstić information content (AvgIpc) is 1.15. The number of phosphoric ester groups is 1. The number of hydrogen-bond acceptors (Lipinski definition) is 25. The third-order valence-corrected chi connectivity index (χ3v) is 18.7. The number of aliphatic hydroxyl groups excluding tert-OH is 6. The predicted octanol–water partition coefficient (Wildman–Crippen LogP) is 3.96. The molecule has 0 aromatic heterocycles. The van der Waals surface area contributed by atoms with E-state index in [1.807, 2.05) is 0 Å². The fourth-order valence-electron chi connectivity index (χ4n) is 11.9. The maximum atomic E-state index is 13.8. The molecular formula is C59H104Ac2N5O26P-2. The number of nitrogens with two attached hydrogens (primary N) is 2. The van der Waals surface area contributed by atoms with Crippen LogP contribution in [-0.4, -0.2) is 218 Å². The molecule has 31 nitrogen and oxygen atoms in total. The van der Waals surface area contributed by atoms with Crippen LogP contribution in [0.4, 0.5) is 4.79 Å². The fraction of sp³-hybridized carbons (Fsp3) is 0.898. The Morgan fingerprint density at radius 3 is 1.80 bits per heavy atom. The number of carbonyl (C=O) groups is 4. The summed E-state index contributed by atoms with van der Waals surface area (Å²) in [4.78, 5) is 65.9. The molecule has 0 bridgehead atoms. The fourth-order valence-corrected chi connectivity index (χ4v) is 12.7. The van der Waals surface area contributed by atoms with E-state index >= 15 is 0 Å². The number of rotatable bonds is 36. The first-order valence-electron chi connectivity index (χ1n) is 31.7. The third kappa shape index (κ3) is 25.6. The normalized spacial score (nSPS) is 35.4. The number of carbonyl (C=O) groups excluding carboxylic acids is 4. The summed E-state index contributed by atoms with van der Waals surface area (Å²) in [5.41, 5.74) is 25.9. The molecule has 4 fully saturated rings. The molecule has 4 saturated heterocycles. The summed E-state index contributed by atoms with van der Waals surface area (Å²) in [6.07, 6.45) is -21.8. The maximum absolute atomic E-state index is 13.8. The number of hydrogen-bond donors (Lipinski definition) is 12. The summed E-state index contributed by atoms with van der Waals surface area (Å²) in [6, 6.07) is -3.79. The van der Waals surface area contributed by atoms with Gasteiger partial charge in [0.05, 0.1) is 31.0 Å². The van der Waals surface area contributed by atoms with Gasteiger partial charge in [-0.15, -0.1) is 0 Å². The molecular weight excluding hydrogens is 1680 g/mol.